The zero-order valence-corrected chi connectivity index (χ0v) is 14.6. The molecule has 0 unspecified atom stereocenters. The highest BCUT2D eigenvalue weighted by atomic mass is 79.9. The third kappa shape index (κ3) is 5.20. The van der Waals surface area contributed by atoms with Gasteiger partial charge in [0, 0.05) is 55.7 Å². The summed E-state index contributed by atoms with van der Waals surface area (Å²) in [5, 5.41) is 0. The molecule has 0 saturated carbocycles. The zero-order valence-electron chi connectivity index (χ0n) is 13.0. The van der Waals surface area contributed by atoms with E-state index < -0.39 is 0 Å². The molecule has 116 valence electrons. The summed E-state index contributed by atoms with van der Waals surface area (Å²) in [6.45, 7) is 11.0. The van der Waals surface area contributed by atoms with Gasteiger partial charge in [-0.05, 0) is 12.0 Å². The summed E-state index contributed by atoms with van der Waals surface area (Å²) in [4.78, 5) is 17.2. The maximum absolute atomic E-state index is 12.3. The maximum atomic E-state index is 12.3. The van der Waals surface area contributed by atoms with E-state index in [0.29, 0.717) is 6.42 Å². The number of ketones is 1. The molecule has 0 atom stereocenters. The Morgan fingerprint density at radius 2 is 1.76 bits per heavy atom. The van der Waals surface area contributed by atoms with Gasteiger partial charge in [-0.3, -0.25) is 4.79 Å². The van der Waals surface area contributed by atoms with Crippen molar-refractivity contribution in [1.82, 2.24) is 9.80 Å². The van der Waals surface area contributed by atoms with Gasteiger partial charge in [0.15, 0.2) is 5.78 Å². The first-order valence-electron chi connectivity index (χ1n) is 7.78. The largest absolute Gasteiger partial charge is 0.301 e. The van der Waals surface area contributed by atoms with E-state index in [1.165, 1.54) is 6.54 Å². The fourth-order valence-electron chi connectivity index (χ4n) is 2.79. The van der Waals surface area contributed by atoms with Gasteiger partial charge in [0.2, 0.25) is 0 Å². The molecule has 1 aliphatic rings. The van der Waals surface area contributed by atoms with Gasteiger partial charge in [0.25, 0.3) is 0 Å². The van der Waals surface area contributed by atoms with Crippen molar-refractivity contribution in [3.63, 3.8) is 0 Å². The Kier molecular flexibility index (Phi) is 6.40. The molecule has 1 saturated heterocycles. The lowest BCUT2D eigenvalue weighted by atomic mass is 10.1. The second-order valence-corrected chi connectivity index (χ2v) is 7.04. The van der Waals surface area contributed by atoms with E-state index in [4.69, 9.17) is 0 Å². The van der Waals surface area contributed by atoms with Crippen LogP contribution >= 0.6 is 15.9 Å². The van der Waals surface area contributed by atoms with Crippen LogP contribution in [0.15, 0.2) is 28.7 Å². The summed E-state index contributed by atoms with van der Waals surface area (Å²) < 4.78 is 0.900. The summed E-state index contributed by atoms with van der Waals surface area (Å²) in [6, 6.07) is 7.68. The first-order valence-corrected chi connectivity index (χ1v) is 8.58. The summed E-state index contributed by atoms with van der Waals surface area (Å²) in [7, 11) is 0. The second-order valence-electron chi connectivity index (χ2n) is 6.19. The lowest BCUT2D eigenvalue weighted by Gasteiger charge is -2.35. The normalized spacial score (nSPS) is 17.3. The highest BCUT2D eigenvalue weighted by molar-refractivity contribution is 9.10. The minimum atomic E-state index is 0.229. The Morgan fingerprint density at radius 1 is 1.14 bits per heavy atom. The summed E-state index contributed by atoms with van der Waals surface area (Å²) in [6.07, 6.45) is 0.604. The number of carbonyl (C=O) groups is 1. The molecule has 4 heteroatoms. The molecule has 0 aromatic heterocycles. The number of hydrogen-bond donors (Lipinski definition) is 0. The lowest BCUT2D eigenvalue weighted by Crippen LogP contribution is -2.47. The van der Waals surface area contributed by atoms with E-state index in [1.807, 2.05) is 24.3 Å². The van der Waals surface area contributed by atoms with Crippen LogP contribution < -0.4 is 0 Å². The van der Waals surface area contributed by atoms with Crippen molar-refractivity contribution < 1.29 is 4.79 Å². The molecule has 0 spiro atoms. The molecule has 1 heterocycles. The fourth-order valence-corrected chi connectivity index (χ4v) is 3.30. The zero-order chi connectivity index (χ0) is 15.2. The van der Waals surface area contributed by atoms with Crippen LogP contribution in [-0.4, -0.2) is 54.9 Å². The number of hydrogen-bond acceptors (Lipinski definition) is 3. The Morgan fingerprint density at radius 3 is 2.38 bits per heavy atom. The summed E-state index contributed by atoms with van der Waals surface area (Å²) in [5.74, 6) is 0.959. The van der Waals surface area contributed by atoms with Crippen molar-refractivity contribution in [3.8, 4) is 0 Å². The first kappa shape index (κ1) is 16.7. The van der Waals surface area contributed by atoms with Crippen LogP contribution in [0.1, 0.15) is 30.6 Å². The van der Waals surface area contributed by atoms with Gasteiger partial charge in [0.1, 0.15) is 0 Å². The molecular weight excluding hydrogens is 328 g/mol. The lowest BCUT2D eigenvalue weighted by molar-refractivity contribution is 0.0917. The predicted molar refractivity (Wildman–Crippen MR) is 90.8 cm³/mol. The number of nitrogens with zero attached hydrogens (tertiary/aromatic N) is 2. The van der Waals surface area contributed by atoms with Gasteiger partial charge in [-0.25, -0.2) is 0 Å². The number of Topliss-reactive ketones (excluding diaryl/α,β-unsaturated/α-hetero) is 1. The average Bonchev–Trinajstić information content (AvgIpc) is 2.46. The minimum Gasteiger partial charge on any atom is -0.301 e. The molecule has 1 aliphatic heterocycles. The van der Waals surface area contributed by atoms with Crippen molar-refractivity contribution in [2.45, 2.75) is 20.3 Å². The van der Waals surface area contributed by atoms with Crippen LogP contribution in [0, 0.1) is 5.92 Å². The second kappa shape index (κ2) is 8.06. The van der Waals surface area contributed by atoms with Gasteiger partial charge < -0.3 is 9.80 Å². The number of carbonyl (C=O) groups excluding carboxylic acids is 1. The molecule has 1 aromatic rings. The first-order chi connectivity index (χ1) is 10.1. The monoisotopic (exact) mass is 352 g/mol. The van der Waals surface area contributed by atoms with E-state index in [1.54, 1.807) is 0 Å². The molecule has 0 aliphatic carbocycles. The SMILES string of the molecule is CC(C)CN1CCN(CCC(=O)c2ccccc2Br)CC1. The Balaban J connectivity index is 1.75. The van der Waals surface area contributed by atoms with Crippen molar-refractivity contribution in [2.24, 2.45) is 5.92 Å². The van der Waals surface area contributed by atoms with Crippen LogP contribution in [0.25, 0.3) is 0 Å². The van der Waals surface area contributed by atoms with E-state index >= 15 is 0 Å². The van der Waals surface area contributed by atoms with E-state index in [2.05, 4.69) is 39.6 Å². The van der Waals surface area contributed by atoms with Crippen LogP contribution in [0.4, 0.5) is 0 Å². The van der Waals surface area contributed by atoms with Crippen molar-refractivity contribution in [1.29, 1.82) is 0 Å². The van der Waals surface area contributed by atoms with Crippen molar-refractivity contribution in [3.05, 3.63) is 34.3 Å². The van der Waals surface area contributed by atoms with Gasteiger partial charge in [-0.15, -0.1) is 0 Å². The third-order valence-corrected chi connectivity index (χ3v) is 4.61. The molecule has 1 fully saturated rings. The molecule has 3 nitrogen and oxygen atoms in total. The predicted octanol–water partition coefficient (Wildman–Crippen LogP) is 3.30. The summed E-state index contributed by atoms with van der Waals surface area (Å²) >= 11 is 3.45. The van der Waals surface area contributed by atoms with Gasteiger partial charge >= 0.3 is 0 Å². The van der Waals surface area contributed by atoms with Crippen molar-refractivity contribution in [2.75, 3.05) is 39.3 Å². The van der Waals surface area contributed by atoms with Crippen LogP contribution in [0.2, 0.25) is 0 Å². The summed E-state index contributed by atoms with van der Waals surface area (Å²) in [5.41, 5.74) is 0.802. The van der Waals surface area contributed by atoms with Gasteiger partial charge in [0.05, 0.1) is 0 Å². The maximum Gasteiger partial charge on any atom is 0.165 e. The molecule has 0 radical (unpaired) electrons. The highest BCUT2D eigenvalue weighted by Crippen LogP contribution is 2.18. The quantitative estimate of drug-likeness (QED) is 0.734. The number of halogens is 1. The Hall–Kier alpha value is -0.710. The smallest absolute Gasteiger partial charge is 0.165 e. The standard InChI is InChI=1S/C17H25BrN2O/c1-14(2)13-20-11-9-19(10-12-20)8-7-17(21)15-5-3-4-6-16(15)18/h3-6,14H,7-13H2,1-2H3. The van der Waals surface area contributed by atoms with Crippen molar-refractivity contribution >= 4 is 21.7 Å². The number of benzene rings is 1. The molecule has 0 N–H and O–H groups in total. The molecular formula is C17H25BrN2O. The van der Waals surface area contributed by atoms with Crippen LogP contribution in [0.5, 0.6) is 0 Å². The minimum absolute atomic E-state index is 0.229. The highest BCUT2D eigenvalue weighted by Gasteiger charge is 2.18. The van der Waals surface area contributed by atoms with Gasteiger partial charge in [-0.1, -0.05) is 48.0 Å². The molecule has 0 bridgehead atoms. The van der Waals surface area contributed by atoms with Gasteiger partial charge in [-0.2, -0.15) is 0 Å². The van der Waals surface area contributed by atoms with E-state index in [0.717, 1.165) is 48.7 Å². The number of rotatable bonds is 6. The van der Waals surface area contributed by atoms with E-state index in [9.17, 15) is 4.79 Å². The molecule has 21 heavy (non-hydrogen) atoms. The average molecular weight is 353 g/mol. The number of piperazine rings is 1. The Labute approximate surface area is 136 Å². The Bertz CT molecular complexity index is 468. The van der Waals surface area contributed by atoms with Crippen LogP contribution in [0.3, 0.4) is 0 Å². The third-order valence-electron chi connectivity index (χ3n) is 3.92. The molecule has 0 amide bonds. The van der Waals surface area contributed by atoms with E-state index in [-0.39, 0.29) is 5.78 Å². The molecule has 2 rings (SSSR count). The van der Waals surface area contributed by atoms with Crippen LogP contribution in [-0.2, 0) is 0 Å². The fraction of sp³-hybridized carbons (Fsp3) is 0.588. The topological polar surface area (TPSA) is 23.6 Å². The molecule has 1 aromatic carbocycles.